The van der Waals surface area contributed by atoms with E-state index < -0.39 is 0 Å². The molecule has 1 atom stereocenters. The lowest BCUT2D eigenvalue weighted by Gasteiger charge is -2.18. The molecule has 0 radical (unpaired) electrons. The summed E-state index contributed by atoms with van der Waals surface area (Å²) in [6.45, 7) is 4.17. The van der Waals surface area contributed by atoms with Crippen LogP contribution in [-0.4, -0.2) is 16.8 Å². The lowest BCUT2D eigenvalue weighted by molar-refractivity contribution is 0.548. The Morgan fingerprint density at radius 1 is 1.29 bits per heavy atom. The van der Waals surface area contributed by atoms with Crippen molar-refractivity contribution in [3.63, 3.8) is 0 Å². The fourth-order valence-corrected chi connectivity index (χ4v) is 3.15. The SMILES string of the molecule is CNC(CCc1c(C)nn(C)c1C)c1cccc(Cl)c1Cl. The minimum absolute atomic E-state index is 0.176. The van der Waals surface area contributed by atoms with E-state index in [2.05, 4.69) is 24.3 Å². The van der Waals surface area contributed by atoms with E-state index in [4.69, 9.17) is 23.2 Å². The zero-order valence-corrected chi connectivity index (χ0v) is 14.4. The van der Waals surface area contributed by atoms with E-state index in [1.54, 1.807) is 0 Å². The third-order valence-electron chi connectivity index (χ3n) is 4.05. The quantitative estimate of drug-likeness (QED) is 0.891. The number of nitrogens with one attached hydrogen (secondary N) is 1. The number of benzene rings is 1. The van der Waals surface area contributed by atoms with Crippen LogP contribution in [0.5, 0.6) is 0 Å². The van der Waals surface area contributed by atoms with Gasteiger partial charge in [0.2, 0.25) is 0 Å². The van der Waals surface area contributed by atoms with Crippen LogP contribution in [0.1, 0.15) is 35.0 Å². The zero-order chi connectivity index (χ0) is 15.6. The van der Waals surface area contributed by atoms with E-state index >= 15 is 0 Å². The second kappa shape index (κ2) is 6.82. The van der Waals surface area contributed by atoms with Crippen LogP contribution < -0.4 is 5.32 Å². The fourth-order valence-electron chi connectivity index (χ4n) is 2.71. The van der Waals surface area contributed by atoms with Crippen molar-refractivity contribution in [2.75, 3.05) is 7.05 Å². The first-order valence-corrected chi connectivity index (χ1v) is 7.81. The maximum atomic E-state index is 6.33. The van der Waals surface area contributed by atoms with Gasteiger partial charge in [-0.05, 0) is 50.9 Å². The molecule has 1 heterocycles. The number of halogens is 2. The van der Waals surface area contributed by atoms with Crippen LogP contribution in [-0.2, 0) is 13.5 Å². The van der Waals surface area contributed by atoms with Gasteiger partial charge in [0.1, 0.15) is 0 Å². The van der Waals surface area contributed by atoms with Gasteiger partial charge in [0, 0.05) is 18.8 Å². The number of aryl methyl sites for hydroxylation is 2. The molecule has 0 saturated carbocycles. The monoisotopic (exact) mass is 325 g/mol. The molecule has 0 aliphatic carbocycles. The summed E-state index contributed by atoms with van der Waals surface area (Å²) >= 11 is 12.4. The lowest BCUT2D eigenvalue weighted by atomic mass is 9.98. The first kappa shape index (κ1) is 16.3. The van der Waals surface area contributed by atoms with E-state index in [9.17, 15) is 0 Å². The Hall–Kier alpha value is -1.03. The highest BCUT2D eigenvalue weighted by molar-refractivity contribution is 6.42. The van der Waals surface area contributed by atoms with Gasteiger partial charge in [0.15, 0.2) is 0 Å². The largest absolute Gasteiger partial charge is 0.313 e. The number of nitrogens with zero attached hydrogens (tertiary/aromatic N) is 2. The summed E-state index contributed by atoms with van der Waals surface area (Å²) in [6, 6.07) is 5.96. The average Bonchev–Trinajstić information content (AvgIpc) is 2.69. The van der Waals surface area contributed by atoms with Gasteiger partial charge in [0.25, 0.3) is 0 Å². The van der Waals surface area contributed by atoms with Crippen molar-refractivity contribution in [1.82, 2.24) is 15.1 Å². The maximum Gasteiger partial charge on any atom is 0.0640 e. The molecule has 0 aliphatic rings. The second-order valence-electron chi connectivity index (χ2n) is 5.30. The van der Waals surface area contributed by atoms with E-state index in [1.165, 1.54) is 11.3 Å². The van der Waals surface area contributed by atoms with E-state index in [1.807, 2.05) is 37.0 Å². The minimum Gasteiger partial charge on any atom is -0.313 e. The van der Waals surface area contributed by atoms with Crippen molar-refractivity contribution >= 4 is 23.2 Å². The highest BCUT2D eigenvalue weighted by Crippen LogP contribution is 2.32. The molecule has 1 unspecified atom stereocenters. The lowest BCUT2D eigenvalue weighted by Crippen LogP contribution is -2.18. The third kappa shape index (κ3) is 3.42. The highest BCUT2D eigenvalue weighted by atomic mass is 35.5. The first-order chi connectivity index (χ1) is 9.95. The summed E-state index contributed by atoms with van der Waals surface area (Å²) in [5.74, 6) is 0. The van der Waals surface area contributed by atoms with Gasteiger partial charge < -0.3 is 5.32 Å². The minimum atomic E-state index is 0.176. The molecule has 0 amide bonds. The van der Waals surface area contributed by atoms with Gasteiger partial charge in [0.05, 0.1) is 15.7 Å². The van der Waals surface area contributed by atoms with Gasteiger partial charge in [-0.15, -0.1) is 0 Å². The Labute approximate surface area is 136 Å². The molecular formula is C16H21Cl2N3. The summed E-state index contributed by atoms with van der Waals surface area (Å²) in [4.78, 5) is 0. The molecule has 2 aromatic rings. The second-order valence-corrected chi connectivity index (χ2v) is 6.08. The Bertz CT molecular complexity index is 635. The first-order valence-electron chi connectivity index (χ1n) is 7.06. The van der Waals surface area contributed by atoms with Crippen molar-refractivity contribution in [2.45, 2.75) is 32.7 Å². The maximum absolute atomic E-state index is 6.33. The Balaban J connectivity index is 2.18. The number of rotatable bonds is 5. The van der Waals surface area contributed by atoms with Gasteiger partial charge in [-0.3, -0.25) is 4.68 Å². The molecule has 0 bridgehead atoms. The fraction of sp³-hybridized carbons (Fsp3) is 0.438. The summed E-state index contributed by atoms with van der Waals surface area (Å²) in [5, 5.41) is 9.04. The molecule has 2 rings (SSSR count). The molecular weight excluding hydrogens is 305 g/mol. The van der Waals surface area contributed by atoms with Crippen molar-refractivity contribution in [2.24, 2.45) is 7.05 Å². The van der Waals surface area contributed by atoms with Gasteiger partial charge in [-0.1, -0.05) is 35.3 Å². The van der Waals surface area contributed by atoms with Gasteiger partial charge in [-0.2, -0.15) is 5.10 Å². The predicted molar refractivity (Wildman–Crippen MR) is 89.3 cm³/mol. The molecule has 1 aromatic carbocycles. The van der Waals surface area contributed by atoms with Gasteiger partial charge >= 0.3 is 0 Å². The van der Waals surface area contributed by atoms with Crippen molar-refractivity contribution in [3.8, 4) is 0 Å². The molecule has 0 fully saturated rings. The molecule has 21 heavy (non-hydrogen) atoms. The Morgan fingerprint density at radius 3 is 2.57 bits per heavy atom. The molecule has 0 spiro atoms. The third-order valence-corrected chi connectivity index (χ3v) is 4.88. The van der Waals surface area contributed by atoms with Crippen LogP contribution in [0.4, 0.5) is 0 Å². The van der Waals surface area contributed by atoms with Gasteiger partial charge in [-0.25, -0.2) is 0 Å². The van der Waals surface area contributed by atoms with Crippen LogP contribution in [0.15, 0.2) is 18.2 Å². The predicted octanol–water partition coefficient (Wildman–Crippen LogP) is 4.24. The van der Waals surface area contributed by atoms with Crippen LogP contribution in [0.2, 0.25) is 10.0 Å². The molecule has 0 saturated heterocycles. The van der Waals surface area contributed by atoms with E-state index in [0.717, 1.165) is 24.1 Å². The molecule has 1 N–H and O–H groups in total. The van der Waals surface area contributed by atoms with Crippen LogP contribution in [0.3, 0.4) is 0 Å². The van der Waals surface area contributed by atoms with Crippen molar-refractivity contribution in [3.05, 3.63) is 50.8 Å². The van der Waals surface area contributed by atoms with Crippen molar-refractivity contribution in [1.29, 1.82) is 0 Å². The molecule has 0 aliphatic heterocycles. The molecule has 3 nitrogen and oxygen atoms in total. The van der Waals surface area contributed by atoms with Crippen LogP contribution in [0, 0.1) is 13.8 Å². The Morgan fingerprint density at radius 2 is 2.00 bits per heavy atom. The summed E-state index contributed by atoms with van der Waals surface area (Å²) < 4.78 is 1.94. The molecule has 5 heteroatoms. The molecule has 114 valence electrons. The smallest absolute Gasteiger partial charge is 0.0640 e. The zero-order valence-electron chi connectivity index (χ0n) is 12.9. The Kier molecular flexibility index (Phi) is 5.31. The summed E-state index contributed by atoms with van der Waals surface area (Å²) in [6.07, 6.45) is 1.91. The average molecular weight is 326 g/mol. The summed E-state index contributed by atoms with van der Waals surface area (Å²) in [7, 11) is 3.93. The van der Waals surface area contributed by atoms with E-state index in [0.29, 0.717) is 10.0 Å². The topological polar surface area (TPSA) is 29.9 Å². The van der Waals surface area contributed by atoms with Crippen LogP contribution >= 0.6 is 23.2 Å². The van der Waals surface area contributed by atoms with E-state index in [-0.39, 0.29) is 6.04 Å². The highest BCUT2D eigenvalue weighted by Gasteiger charge is 2.17. The number of hydrogen-bond acceptors (Lipinski definition) is 2. The molecule has 1 aromatic heterocycles. The van der Waals surface area contributed by atoms with Crippen molar-refractivity contribution < 1.29 is 0 Å². The number of hydrogen-bond donors (Lipinski definition) is 1. The number of aromatic nitrogens is 2. The van der Waals surface area contributed by atoms with Crippen LogP contribution in [0.25, 0.3) is 0 Å². The summed E-state index contributed by atoms with van der Waals surface area (Å²) in [5.41, 5.74) is 4.68. The standard InChI is InChI=1S/C16H21Cl2N3/c1-10-12(11(2)21(4)20-10)8-9-15(19-3)13-6-5-7-14(17)16(13)18/h5-7,15,19H,8-9H2,1-4H3. The normalized spacial score (nSPS) is 12.7.